The highest BCUT2D eigenvalue weighted by molar-refractivity contribution is 6.05. The Morgan fingerprint density at radius 2 is 1.88 bits per heavy atom. The van der Waals surface area contributed by atoms with Crippen LogP contribution in [0.4, 0.5) is 17.3 Å². The third-order valence-electron chi connectivity index (χ3n) is 5.32. The number of hydrogen-bond donors (Lipinski definition) is 2. The van der Waals surface area contributed by atoms with E-state index in [0.29, 0.717) is 35.1 Å². The zero-order valence-electron chi connectivity index (χ0n) is 18.3. The van der Waals surface area contributed by atoms with Gasteiger partial charge in [0.2, 0.25) is 12.3 Å². The molecule has 0 aliphatic heterocycles. The Balaban J connectivity index is 1.33. The van der Waals surface area contributed by atoms with Gasteiger partial charge < -0.3 is 20.2 Å². The largest absolute Gasteiger partial charge is 0.492 e. The van der Waals surface area contributed by atoms with Crippen LogP contribution in [0.15, 0.2) is 77.2 Å². The molecule has 1 aromatic heterocycles. The van der Waals surface area contributed by atoms with E-state index in [1.54, 1.807) is 48.5 Å². The number of hydrogen-bond acceptors (Lipinski definition) is 5. The molecule has 0 saturated heterocycles. The molecule has 33 heavy (non-hydrogen) atoms. The van der Waals surface area contributed by atoms with Crippen molar-refractivity contribution in [2.45, 2.75) is 13.3 Å². The van der Waals surface area contributed by atoms with Gasteiger partial charge in [-0.1, -0.05) is 31.2 Å². The molecule has 0 unspecified atom stereocenters. The number of anilines is 3. The number of carbonyl (C=O) groups is 2. The number of nitrogens with one attached hydrogen (secondary N) is 1. The van der Waals surface area contributed by atoms with Crippen molar-refractivity contribution in [2.75, 3.05) is 29.1 Å². The molecular formula is C26H25N3O4. The molecule has 0 saturated carbocycles. The van der Waals surface area contributed by atoms with Gasteiger partial charge in [-0.25, -0.2) is 0 Å². The Morgan fingerprint density at radius 3 is 2.61 bits per heavy atom. The molecule has 4 aromatic rings. The standard InChI is InChI=1S/C26H25N3O4/c1-2-18-7-8-20-16-25(33-24(20)15-18)29(17-30)13-14-32-21-11-9-19(10-12-21)26(31)28-23-6-4-3-5-22(23)27/h3-12,15-17H,2,13-14,27H2,1H3,(H,28,31). The number of furan rings is 1. The van der Waals surface area contributed by atoms with E-state index in [9.17, 15) is 9.59 Å². The summed E-state index contributed by atoms with van der Waals surface area (Å²) in [5.74, 6) is 0.806. The first-order chi connectivity index (χ1) is 16.1. The molecule has 0 radical (unpaired) electrons. The number of ether oxygens (including phenoxy) is 1. The molecular weight excluding hydrogens is 418 g/mol. The Morgan fingerprint density at radius 1 is 1.09 bits per heavy atom. The summed E-state index contributed by atoms with van der Waals surface area (Å²) in [6.45, 7) is 2.67. The molecule has 0 atom stereocenters. The first-order valence-electron chi connectivity index (χ1n) is 10.7. The predicted molar refractivity (Wildman–Crippen MR) is 130 cm³/mol. The molecule has 0 bridgehead atoms. The summed E-state index contributed by atoms with van der Waals surface area (Å²) in [6, 6.07) is 21.7. The summed E-state index contributed by atoms with van der Waals surface area (Å²) in [4.78, 5) is 25.5. The van der Waals surface area contributed by atoms with E-state index < -0.39 is 0 Å². The number of nitrogens with two attached hydrogens (primary N) is 1. The third kappa shape index (κ3) is 5.15. The summed E-state index contributed by atoms with van der Waals surface area (Å²) < 4.78 is 11.6. The first-order valence-corrected chi connectivity index (χ1v) is 10.7. The van der Waals surface area contributed by atoms with Crippen LogP contribution >= 0.6 is 0 Å². The maximum atomic E-state index is 12.4. The van der Waals surface area contributed by atoms with E-state index in [1.807, 2.05) is 18.2 Å². The maximum absolute atomic E-state index is 12.4. The second-order valence-electron chi connectivity index (χ2n) is 7.52. The zero-order chi connectivity index (χ0) is 23.2. The third-order valence-corrected chi connectivity index (χ3v) is 5.32. The van der Waals surface area contributed by atoms with Crippen molar-refractivity contribution >= 4 is 40.5 Å². The second kappa shape index (κ2) is 9.91. The fourth-order valence-electron chi connectivity index (χ4n) is 3.41. The number of rotatable bonds is 9. The van der Waals surface area contributed by atoms with Crippen molar-refractivity contribution in [1.29, 1.82) is 0 Å². The molecule has 0 aliphatic rings. The van der Waals surface area contributed by atoms with Crippen molar-refractivity contribution in [2.24, 2.45) is 0 Å². The Bertz CT molecular complexity index is 1260. The highest BCUT2D eigenvalue weighted by Gasteiger charge is 2.13. The van der Waals surface area contributed by atoms with Gasteiger partial charge in [-0.15, -0.1) is 0 Å². The maximum Gasteiger partial charge on any atom is 0.255 e. The molecule has 2 amide bonds. The van der Waals surface area contributed by atoms with Crippen LogP contribution in [0, 0.1) is 0 Å². The molecule has 3 aromatic carbocycles. The van der Waals surface area contributed by atoms with Gasteiger partial charge in [0, 0.05) is 17.0 Å². The minimum atomic E-state index is -0.261. The lowest BCUT2D eigenvalue weighted by molar-refractivity contribution is -0.107. The number of nitrogens with zero attached hydrogens (tertiary/aromatic N) is 1. The monoisotopic (exact) mass is 443 g/mol. The van der Waals surface area contributed by atoms with Gasteiger partial charge in [-0.05, 0) is 54.4 Å². The average Bonchev–Trinajstić information content (AvgIpc) is 3.26. The van der Waals surface area contributed by atoms with E-state index in [-0.39, 0.29) is 12.5 Å². The number of para-hydroxylation sites is 2. The number of benzene rings is 3. The van der Waals surface area contributed by atoms with Crippen molar-refractivity contribution in [3.63, 3.8) is 0 Å². The number of amides is 2. The van der Waals surface area contributed by atoms with Crippen LogP contribution in [-0.2, 0) is 11.2 Å². The summed E-state index contributed by atoms with van der Waals surface area (Å²) in [5.41, 5.74) is 9.34. The molecule has 3 N–H and O–H groups in total. The lowest BCUT2D eigenvalue weighted by Gasteiger charge is -2.14. The summed E-state index contributed by atoms with van der Waals surface area (Å²) >= 11 is 0. The molecule has 0 spiro atoms. The van der Waals surface area contributed by atoms with Crippen LogP contribution in [-0.4, -0.2) is 25.5 Å². The highest BCUT2D eigenvalue weighted by Crippen LogP contribution is 2.26. The van der Waals surface area contributed by atoms with E-state index in [1.165, 1.54) is 10.5 Å². The van der Waals surface area contributed by atoms with Crippen LogP contribution in [0.2, 0.25) is 0 Å². The molecule has 168 valence electrons. The number of nitrogen functional groups attached to an aromatic ring is 1. The predicted octanol–water partition coefficient (Wildman–Crippen LogP) is 4.87. The van der Waals surface area contributed by atoms with E-state index in [2.05, 4.69) is 18.3 Å². The molecule has 0 aliphatic carbocycles. The van der Waals surface area contributed by atoms with Gasteiger partial charge in [-0.2, -0.15) is 0 Å². The van der Waals surface area contributed by atoms with Gasteiger partial charge in [0.05, 0.1) is 17.9 Å². The summed E-state index contributed by atoms with van der Waals surface area (Å²) in [7, 11) is 0. The van der Waals surface area contributed by atoms with Crippen LogP contribution < -0.4 is 20.7 Å². The van der Waals surface area contributed by atoms with Crippen LogP contribution in [0.1, 0.15) is 22.8 Å². The van der Waals surface area contributed by atoms with Gasteiger partial charge in [0.15, 0.2) is 0 Å². The highest BCUT2D eigenvalue weighted by atomic mass is 16.5. The quantitative estimate of drug-likeness (QED) is 0.284. The number of carbonyl (C=O) groups excluding carboxylic acids is 2. The van der Waals surface area contributed by atoms with Crippen LogP contribution in [0.3, 0.4) is 0 Å². The summed E-state index contributed by atoms with van der Waals surface area (Å²) in [6.07, 6.45) is 1.64. The smallest absolute Gasteiger partial charge is 0.255 e. The van der Waals surface area contributed by atoms with Crippen molar-refractivity contribution in [3.8, 4) is 5.75 Å². The Hall–Kier alpha value is -4.26. The van der Waals surface area contributed by atoms with Crippen molar-refractivity contribution in [3.05, 3.63) is 83.9 Å². The van der Waals surface area contributed by atoms with Crippen molar-refractivity contribution in [1.82, 2.24) is 0 Å². The zero-order valence-corrected chi connectivity index (χ0v) is 18.3. The van der Waals surface area contributed by atoms with Crippen LogP contribution in [0.25, 0.3) is 11.0 Å². The van der Waals surface area contributed by atoms with Gasteiger partial charge >= 0.3 is 0 Å². The normalized spacial score (nSPS) is 10.7. The number of aryl methyl sites for hydroxylation is 1. The molecule has 7 nitrogen and oxygen atoms in total. The van der Waals surface area contributed by atoms with E-state index in [0.717, 1.165) is 23.8 Å². The molecule has 1 heterocycles. The lowest BCUT2D eigenvalue weighted by atomic mass is 10.1. The average molecular weight is 444 g/mol. The fourth-order valence-corrected chi connectivity index (χ4v) is 3.41. The number of fused-ring (bicyclic) bond motifs is 1. The Labute approximate surface area is 191 Å². The van der Waals surface area contributed by atoms with Crippen LogP contribution in [0.5, 0.6) is 5.75 Å². The minimum absolute atomic E-state index is 0.261. The summed E-state index contributed by atoms with van der Waals surface area (Å²) in [5, 5.41) is 3.73. The fraction of sp³-hybridized carbons (Fsp3) is 0.154. The topological polar surface area (TPSA) is 97.8 Å². The second-order valence-corrected chi connectivity index (χ2v) is 7.52. The Kier molecular flexibility index (Phi) is 6.59. The molecule has 0 fully saturated rings. The van der Waals surface area contributed by atoms with Gasteiger partial charge in [-0.3, -0.25) is 14.5 Å². The first kappa shape index (κ1) is 22.0. The van der Waals surface area contributed by atoms with Crippen molar-refractivity contribution < 1.29 is 18.7 Å². The van der Waals surface area contributed by atoms with Gasteiger partial charge in [0.1, 0.15) is 17.9 Å². The van der Waals surface area contributed by atoms with Gasteiger partial charge in [0.25, 0.3) is 5.91 Å². The molecule has 7 heteroatoms. The molecule has 4 rings (SSSR count). The minimum Gasteiger partial charge on any atom is -0.492 e. The van der Waals surface area contributed by atoms with E-state index >= 15 is 0 Å². The van der Waals surface area contributed by atoms with E-state index in [4.69, 9.17) is 14.9 Å². The lowest BCUT2D eigenvalue weighted by Crippen LogP contribution is -2.26. The SMILES string of the molecule is CCc1ccc2cc(N(C=O)CCOc3ccc(C(=O)Nc4ccccc4N)cc3)oc2c1.